The van der Waals surface area contributed by atoms with Gasteiger partial charge in [-0.25, -0.2) is 0 Å². The molecule has 0 amide bonds. The number of rotatable bonds is 4. The summed E-state index contributed by atoms with van der Waals surface area (Å²) in [5.74, 6) is 0. The monoisotopic (exact) mass is 247 g/mol. The van der Waals surface area contributed by atoms with Gasteiger partial charge in [0.2, 0.25) is 0 Å². The molecule has 90 valence electrons. The fraction of sp³-hybridized carbons (Fsp3) is 0.308. The Bertz CT molecular complexity index is 400. The van der Waals surface area contributed by atoms with Crippen LogP contribution in [0.4, 0.5) is 0 Å². The first kappa shape index (κ1) is 11.9. The zero-order valence-electron chi connectivity index (χ0n) is 9.70. The number of thiocarbonyl (C=S) groups is 1. The first-order valence-corrected chi connectivity index (χ1v) is 6.28. The topological polar surface area (TPSA) is 36.1 Å². The van der Waals surface area contributed by atoms with Crippen molar-refractivity contribution in [2.75, 3.05) is 0 Å². The van der Waals surface area contributed by atoms with Gasteiger partial charge in [-0.15, -0.1) is 0 Å². The van der Waals surface area contributed by atoms with Crippen molar-refractivity contribution in [3.63, 3.8) is 0 Å². The minimum absolute atomic E-state index is 0.627. The van der Waals surface area contributed by atoms with E-state index in [0.717, 1.165) is 19.4 Å². The largest absolute Gasteiger partial charge is 0.357 e. The molecule has 1 aliphatic rings. The summed E-state index contributed by atoms with van der Waals surface area (Å²) in [5, 5.41) is 3.78. The summed E-state index contributed by atoms with van der Waals surface area (Å²) < 4.78 is 0. The number of nitrogens with one attached hydrogen (secondary N) is 3. The predicted octanol–water partition coefficient (Wildman–Crippen LogP) is 2.22. The minimum atomic E-state index is 0.627. The van der Waals surface area contributed by atoms with Crippen LogP contribution < -0.4 is 16.2 Å². The second-order valence-corrected chi connectivity index (χ2v) is 4.45. The Labute approximate surface area is 107 Å². The van der Waals surface area contributed by atoms with Crippen molar-refractivity contribution in [1.29, 1.82) is 0 Å². The summed E-state index contributed by atoms with van der Waals surface area (Å²) in [5.41, 5.74) is 8.57. The van der Waals surface area contributed by atoms with E-state index in [0.29, 0.717) is 5.11 Å². The predicted molar refractivity (Wildman–Crippen MR) is 74.1 cm³/mol. The van der Waals surface area contributed by atoms with E-state index >= 15 is 0 Å². The average molecular weight is 247 g/mol. The lowest BCUT2D eigenvalue weighted by atomic mass is 10.2. The maximum absolute atomic E-state index is 5.18. The van der Waals surface area contributed by atoms with E-state index in [1.54, 1.807) is 0 Å². The van der Waals surface area contributed by atoms with Crippen LogP contribution in [-0.4, -0.2) is 5.11 Å². The molecule has 3 N–H and O–H groups in total. The van der Waals surface area contributed by atoms with Crippen LogP contribution in [0.1, 0.15) is 24.8 Å². The van der Waals surface area contributed by atoms with Crippen LogP contribution >= 0.6 is 12.2 Å². The number of benzene rings is 1. The van der Waals surface area contributed by atoms with E-state index in [9.17, 15) is 0 Å². The molecule has 2 rings (SSSR count). The fourth-order valence-electron chi connectivity index (χ4n) is 1.74. The summed E-state index contributed by atoms with van der Waals surface area (Å²) >= 11 is 5.18. The van der Waals surface area contributed by atoms with E-state index in [2.05, 4.69) is 34.4 Å². The highest BCUT2D eigenvalue weighted by Crippen LogP contribution is 2.13. The Kier molecular flexibility index (Phi) is 4.38. The molecule has 4 heteroatoms. The highest BCUT2D eigenvalue weighted by Gasteiger charge is 2.03. The van der Waals surface area contributed by atoms with Gasteiger partial charge in [0.05, 0.1) is 0 Å². The fourth-order valence-corrected chi connectivity index (χ4v) is 1.87. The van der Waals surface area contributed by atoms with Crippen LogP contribution in [0.5, 0.6) is 0 Å². The van der Waals surface area contributed by atoms with Gasteiger partial charge >= 0.3 is 0 Å². The Morgan fingerprint density at radius 2 is 2.06 bits per heavy atom. The summed E-state index contributed by atoms with van der Waals surface area (Å²) in [4.78, 5) is 0. The first-order valence-electron chi connectivity index (χ1n) is 5.87. The summed E-state index contributed by atoms with van der Waals surface area (Å²) in [6.07, 6.45) is 5.70. The quantitative estimate of drug-likeness (QED) is 0.563. The third-order valence-corrected chi connectivity index (χ3v) is 2.92. The molecule has 17 heavy (non-hydrogen) atoms. The zero-order chi connectivity index (χ0) is 11.9. The molecule has 1 aromatic rings. The molecule has 0 atom stereocenters. The molecular weight excluding hydrogens is 230 g/mol. The zero-order valence-corrected chi connectivity index (χ0v) is 10.5. The number of hydrogen-bond acceptors (Lipinski definition) is 2. The normalized spacial score (nSPS) is 14.0. The van der Waals surface area contributed by atoms with Gasteiger partial charge in [0.25, 0.3) is 0 Å². The number of hydrazine groups is 1. The Morgan fingerprint density at radius 3 is 2.76 bits per heavy atom. The van der Waals surface area contributed by atoms with Gasteiger partial charge in [0.1, 0.15) is 0 Å². The van der Waals surface area contributed by atoms with Gasteiger partial charge in [-0.2, -0.15) is 0 Å². The Balaban J connectivity index is 1.67. The van der Waals surface area contributed by atoms with Gasteiger partial charge in [-0.3, -0.25) is 5.43 Å². The van der Waals surface area contributed by atoms with Crippen molar-refractivity contribution in [3.8, 4) is 0 Å². The molecule has 0 bridgehead atoms. The molecule has 0 unspecified atom stereocenters. The SMILES string of the molecule is S=C(NCc1ccccc1)NNC1=CCCC1. The lowest BCUT2D eigenvalue weighted by Crippen LogP contribution is -2.42. The molecule has 3 nitrogen and oxygen atoms in total. The Morgan fingerprint density at radius 1 is 1.24 bits per heavy atom. The highest BCUT2D eigenvalue weighted by atomic mass is 32.1. The minimum Gasteiger partial charge on any atom is -0.357 e. The van der Waals surface area contributed by atoms with Gasteiger partial charge in [-0.1, -0.05) is 36.4 Å². The molecule has 1 aliphatic carbocycles. The number of hydrogen-bond donors (Lipinski definition) is 3. The Hall–Kier alpha value is -1.55. The second kappa shape index (κ2) is 6.25. The molecule has 0 heterocycles. The third kappa shape index (κ3) is 4.07. The lowest BCUT2D eigenvalue weighted by Gasteiger charge is -2.13. The average Bonchev–Trinajstić information content (AvgIpc) is 2.88. The van der Waals surface area contributed by atoms with Crippen molar-refractivity contribution >= 4 is 17.3 Å². The van der Waals surface area contributed by atoms with Gasteiger partial charge < -0.3 is 10.7 Å². The van der Waals surface area contributed by atoms with E-state index in [1.165, 1.54) is 17.7 Å². The molecule has 1 aromatic carbocycles. The van der Waals surface area contributed by atoms with Crippen LogP contribution in [0.15, 0.2) is 42.1 Å². The van der Waals surface area contributed by atoms with Crippen molar-refractivity contribution in [1.82, 2.24) is 16.2 Å². The standard InChI is InChI=1S/C13H17N3S/c17-13(16-15-12-8-4-5-9-12)14-10-11-6-2-1-3-7-11/h1-3,6-8,15H,4-5,9-10H2,(H2,14,16,17). The molecular formula is C13H17N3S. The first-order chi connectivity index (χ1) is 8.34. The number of allylic oxidation sites excluding steroid dienone is 2. The van der Waals surface area contributed by atoms with Crippen LogP contribution in [0.2, 0.25) is 0 Å². The maximum atomic E-state index is 5.18. The molecule has 0 aromatic heterocycles. The van der Waals surface area contributed by atoms with Gasteiger partial charge in [-0.05, 0) is 37.0 Å². The van der Waals surface area contributed by atoms with Gasteiger partial charge in [0, 0.05) is 12.2 Å². The molecule has 0 radical (unpaired) electrons. The van der Waals surface area contributed by atoms with E-state index in [4.69, 9.17) is 12.2 Å². The van der Waals surface area contributed by atoms with Crippen LogP contribution in [0.25, 0.3) is 0 Å². The highest BCUT2D eigenvalue weighted by molar-refractivity contribution is 7.80. The molecule has 0 saturated carbocycles. The van der Waals surface area contributed by atoms with Crippen LogP contribution in [0, 0.1) is 0 Å². The van der Waals surface area contributed by atoms with E-state index in [1.807, 2.05) is 18.2 Å². The third-order valence-electron chi connectivity index (χ3n) is 2.67. The van der Waals surface area contributed by atoms with Gasteiger partial charge in [0.15, 0.2) is 5.11 Å². The van der Waals surface area contributed by atoms with Crippen LogP contribution in [0.3, 0.4) is 0 Å². The molecule has 0 spiro atoms. The van der Waals surface area contributed by atoms with Crippen molar-refractivity contribution in [2.24, 2.45) is 0 Å². The van der Waals surface area contributed by atoms with E-state index < -0.39 is 0 Å². The molecule has 0 aliphatic heterocycles. The van der Waals surface area contributed by atoms with Crippen molar-refractivity contribution < 1.29 is 0 Å². The lowest BCUT2D eigenvalue weighted by molar-refractivity contribution is 0.707. The maximum Gasteiger partial charge on any atom is 0.185 e. The van der Waals surface area contributed by atoms with E-state index in [-0.39, 0.29) is 0 Å². The molecule has 0 saturated heterocycles. The summed E-state index contributed by atoms with van der Waals surface area (Å²) in [6.45, 7) is 0.743. The van der Waals surface area contributed by atoms with Crippen LogP contribution in [-0.2, 0) is 6.54 Å². The molecule has 0 fully saturated rings. The summed E-state index contributed by atoms with van der Waals surface area (Å²) in [6, 6.07) is 10.2. The van der Waals surface area contributed by atoms with Crippen molar-refractivity contribution in [2.45, 2.75) is 25.8 Å². The smallest absolute Gasteiger partial charge is 0.185 e. The van der Waals surface area contributed by atoms with Crippen molar-refractivity contribution in [3.05, 3.63) is 47.7 Å². The summed E-state index contributed by atoms with van der Waals surface area (Å²) in [7, 11) is 0. The second-order valence-electron chi connectivity index (χ2n) is 4.04.